The summed E-state index contributed by atoms with van der Waals surface area (Å²) in [6.07, 6.45) is 2.62. The summed E-state index contributed by atoms with van der Waals surface area (Å²) < 4.78 is 25.9. The van der Waals surface area contributed by atoms with Gasteiger partial charge in [0.25, 0.3) is 5.91 Å². The molecule has 5 nitrogen and oxygen atoms in total. The first-order valence-electron chi connectivity index (χ1n) is 10.7. The number of sulfonamides is 1. The molecule has 1 atom stereocenters. The number of anilines is 1. The lowest BCUT2D eigenvalue weighted by atomic mass is 10.1. The van der Waals surface area contributed by atoms with Crippen molar-refractivity contribution in [1.29, 1.82) is 0 Å². The standard InChI is InChI=1S/C25H28N2O3S2/c1-18-15-22-16-21(10-12-24(22)27(18)32(3,29)30)25(28)26(17-23-11-9-19(2)31-23)14-13-20-7-5-4-6-8-20/h4-12,16,18H,13-15,17H2,1-3H3. The molecule has 1 amide bonds. The van der Waals surface area contributed by atoms with Gasteiger partial charge in [-0.2, -0.15) is 0 Å². The van der Waals surface area contributed by atoms with E-state index in [9.17, 15) is 13.2 Å². The monoisotopic (exact) mass is 468 g/mol. The van der Waals surface area contributed by atoms with Crippen LogP contribution in [0.3, 0.4) is 0 Å². The average Bonchev–Trinajstić information content (AvgIpc) is 3.31. The SMILES string of the molecule is Cc1ccc(CN(CCc2ccccc2)C(=O)c2ccc3c(c2)CC(C)N3S(C)(=O)=O)s1. The van der Waals surface area contributed by atoms with E-state index in [1.54, 1.807) is 23.5 Å². The molecular formula is C25H28N2O3S2. The highest BCUT2D eigenvalue weighted by atomic mass is 32.2. The number of rotatable bonds is 7. The number of amides is 1. The van der Waals surface area contributed by atoms with Gasteiger partial charge >= 0.3 is 0 Å². The zero-order valence-electron chi connectivity index (χ0n) is 18.6. The van der Waals surface area contributed by atoms with Crippen molar-refractivity contribution in [1.82, 2.24) is 4.90 Å². The molecule has 0 aliphatic carbocycles. The third kappa shape index (κ3) is 4.89. The number of fused-ring (bicyclic) bond motifs is 1. The van der Waals surface area contributed by atoms with Gasteiger partial charge in [0.2, 0.25) is 10.0 Å². The van der Waals surface area contributed by atoms with E-state index in [1.165, 1.54) is 21.0 Å². The Labute approximate surface area is 194 Å². The summed E-state index contributed by atoms with van der Waals surface area (Å²) in [6.45, 7) is 5.14. The maximum absolute atomic E-state index is 13.5. The molecule has 0 bridgehead atoms. The molecule has 1 aliphatic rings. The highest BCUT2D eigenvalue weighted by Gasteiger charge is 2.33. The summed E-state index contributed by atoms with van der Waals surface area (Å²) in [5.74, 6) is -0.0276. The Morgan fingerprint density at radius 1 is 1.12 bits per heavy atom. The van der Waals surface area contributed by atoms with Crippen LogP contribution < -0.4 is 4.31 Å². The smallest absolute Gasteiger partial charge is 0.254 e. The van der Waals surface area contributed by atoms with Gasteiger partial charge in [0.05, 0.1) is 18.5 Å². The number of hydrogen-bond acceptors (Lipinski definition) is 4. The molecule has 0 saturated heterocycles. The second kappa shape index (κ2) is 9.08. The molecule has 3 aromatic rings. The fraction of sp³-hybridized carbons (Fsp3) is 0.320. The molecule has 32 heavy (non-hydrogen) atoms. The van der Waals surface area contributed by atoms with E-state index in [1.807, 2.05) is 36.1 Å². The van der Waals surface area contributed by atoms with E-state index in [0.29, 0.717) is 30.8 Å². The van der Waals surface area contributed by atoms with Crippen molar-refractivity contribution in [2.24, 2.45) is 0 Å². The van der Waals surface area contributed by atoms with Crippen molar-refractivity contribution in [3.63, 3.8) is 0 Å². The highest BCUT2D eigenvalue weighted by Crippen LogP contribution is 2.35. The summed E-state index contributed by atoms with van der Waals surface area (Å²) in [7, 11) is -3.35. The summed E-state index contributed by atoms with van der Waals surface area (Å²) in [4.78, 5) is 17.8. The topological polar surface area (TPSA) is 57.7 Å². The number of carbonyl (C=O) groups is 1. The lowest BCUT2D eigenvalue weighted by Crippen LogP contribution is -2.34. The molecule has 0 fully saturated rings. The van der Waals surface area contributed by atoms with Gasteiger partial charge in [0, 0.05) is 27.9 Å². The second-order valence-corrected chi connectivity index (χ2v) is 11.7. The maximum atomic E-state index is 13.5. The Hall–Kier alpha value is -2.64. The fourth-order valence-electron chi connectivity index (χ4n) is 4.34. The zero-order valence-corrected chi connectivity index (χ0v) is 20.2. The number of carbonyl (C=O) groups excluding carboxylic acids is 1. The van der Waals surface area contributed by atoms with Gasteiger partial charge in [-0.25, -0.2) is 8.42 Å². The number of thiophene rings is 1. The number of nitrogens with zero attached hydrogens (tertiary/aromatic N) is 2. The third-order valence-corrected chi connectivity index (χ3v) is 8.04. The molecule has 4 rings (SSSR count). The molecule has 2 heterocycles. The molecule has 1 aliphatic heterocycles. The Kier molecular flexibility index (Phi) is 6.40. The van der Waals surface area contributed by atoms with Crippen LogP contribution in [0.25, 0.3) is 0 Å². The Bertz CT molecular complexity index is 1220. The van der Waals surface area contributed by atoms with E-state index >= 15 is 0 Å². The number of aryl methyl sites for hydroxylation is 1. The summed E-state index contributed by atoms with van der Waals surface area (Å²) in [5.41, 5.74) is 3.39. The summed E-state index contributed by atoms with van der Waals surface area (Å²) in [6, 6.07) is 19.6. The fourth-order valence-corrected chi connectivity index (χ4v) is 6.51. The maximum Gasteiger partial charge on any atom is 0.254 e. The quantitative estimate of drug-likeness (QED) is 0.507. The molecule has 168 valence electrons. The molecule has 1 unspecified atom stereocenters. The van der Waals surface area contributed by atoms with Crippen molar-refractivity contribution in [3.05, 3.63) is 87.1 Å². The normalized spacial score (nSPS) is 15.6. The summed E-state index contributed by atoms with van der Waals surface area (Å²) in [5, 5.41) is 0. The lowest BCUT2D eigenvalue weighted by molar-refractivity contribution is 0.0746. The first kappa shape index (κ1) is 22.6. The average molecular weight is 469 g/mol. The second-order valence-electron chi connectivity index (χ2n) is 8.43. The highest BCUT2D eigenvalue weighted by molar-refractivity contribution is 7.92. The Morgan fingerprint density at radius 2 is 1.88 bits per heavy atom. The van der Waals surface area contributed by atoms with Crippen LogP contribution in [0.1, 0.15) is 38.2 Å². The molecule has 7 heteroatoms. The van der Waals surface area contributed by atoms with Crippen molar-refractivity contribution < 1.29 is 13.2 Å². The molecule has 0 radical (unpaired) electrons. The van der Waals surface area contributed by atoms with Gasteiger partial charge in [-0.15, -0.1) is 11.3 Å². The lowest BCUT2D eigenvalue weighted by Gasteiger charge is -2.24. The minimum Gasteiger partial charge on any atom is -0.333 e. The molecule has 0 N–H and O–H groups in total. The third-order valence-electron chi connectivity index (χ3n) is 5.78. The van der Waals surface area contributed by atoms with Gasteiger partial charge in [-0.1, -0.05) is 30.3 Å². The van der Waals surface area contributed by atoms with Crippen LogP contribution in [0.5, 0.6) is 0 Å². The van der Waals surface area contributed by atoms with Gasteiger partial charge in [0.15, 0.2) is 0 Å². The number of benzene rings is 2. The summed E-state index contributed by atoms with van der Waals surface area (Å²) >= 11 is 1.71. The van der Waals surface area contributed by atoms with Crippen molar-refractivity contribution in [2.45, 2.75) is 39.3 Å². The Morgan fingerprint density at radius 3 is 2.53 bits per heavy atom. The van der Waals surface area contributed by atoms with Crippen LogP contribution in [0, 0.1) is 6.92 Å². The first-order chi connectivity index (χ1) is 15.2. The van der Waals surface area contributed by atoms with Crippen LogP contribution >= 0.6 is 11.3 Å². The minimum absolute atomic E-state index is 0.0276. The van der Waals surface area contributed by atoms with Crippen LogP contribution in [0.15, 0.2) is 60.7 Å². The largest absolute Gasteiger partial charge is 0.333 e. The number of hydrogen-bond donors (Lipinski definition) is 0. The van der Waals surface area contributed by atoms with Gasteiger partial charge in [-0.05, 0) is 68.1 Å². The van der Waals surface area contributed by atoms with Crippen LogP contribution in [-0.2, 0) is 29.4 Å². The van der Waals surface area contributed by atoms with Crippen molar-refractivity contribution >= 4 is 33.0 Å². The van der Waals surface area contributed by atoms with E-state index < -0.39 is 10.0 Å². The molecule has 2 aromatic carbocycles. The Balaban J connectivity index is 1.59. The van der Waals surface area contributed by atoms with Gasteiger partial charge in [-0.3, -0.25) is 9.10 Å². The van der Waals surface area contributed by atoms with E-state index in [0.717, 1.165) is 16.9 Å². The van der Waals surface area contributed by atoms with E-state index in [2.05, 4.69) is 31.2 Å². The molecule has 0 saturated carbocycles. The first-order valence-corrected chi connectivity index (χ1v) is 13.4. The van der Waals surface area contributed by atoms with Crippen LogP contribution in [0.4, 0.5) is 5.69 Å². The van der Waals surface area contributed by atoms with Crippen LogP contribution in [0.2, 0.25) is 0 Å². The van der Waals surface area contributed by atoms with Gasteiger partial charge in [0.1, 0.15) is 0 Å². The predicted octanol–water partition coefficient (Wildman–Crippen LogP) is 4.65. The zero-order chi connectivity index (χ0) is 22.9. The van der Waals surface area contributed by atoms with E-state index in [4.69, 9.17) is 0 Å². The molecular weight excluding hydrogens is 440 g/mol. The van der Waals surface area contributed by atoms with Crippen molar-refractivity contribution in [2.75, 3.05) is 17.1 Å². The molecule has 1 aromatic heterocycles. The predicted molar refractivity (Wildman–Crippen MR) is 131 cm³/mol. The van der Waals surface area contributed by atoms with E-state index in [-0.39, 0.29) is 11.9 Å². The van der Waals surface area contributed by atoms with Gasteiger partial charge < -0.3 is 4.90 Å². The van der Waals surface area contributed by atoms with Crippen LogP contribution in [-0.4, -0.2) is 38.1 Å². The minimum atomic E-state index is -3.35. The molecule has 0 spiro atoms. The van der Waals surface area contributed by atoms with Crippen molar-refractivity contribution in [3.8, 4) is 0 Å².